The Labute approximate surface area is 116 Å². The maximum absolute atomic E-state index is 6.67. The highest BCUT2D eigenvalue weighted by atomic mass is 15.2. The summed E-state index contributed by atoms with van der Waals surface area (Å²) in [6, 6.07) is 7.94. The lowest BCUT2D eigenvalue weighted by atomic mass is 9.77. The lowest BCUT2D eigenvalue weighted by molar-refractivity contribution is 0.273. The molecule has 2 heteroatoms. The molecule has 2 aliphatic carbocycles. The molecular weight excluding hydrogens is 232 g/mol. The van der Waals surface area contributed by atoms with E-state index in [-0.39, 0.29) is 5.54 Å². The topological polar surface area (TPSA) is 29.3 Å². The molecule has 1 aromatic rings. The third-order valence-corrected chi connectivity index (χ3v) is 5.34. The second-order valence-corrected chi connectivity index (χ2v) is 6.84. The maximum Gasteiger partial charge on any atom is 0.0409 e. The fourth-order valence-corrected chi connectivity index (χ4v) is 3.90. The van der Waals surface area contributed by atoms with Gasteiger partial charge in [-0.1, -0.05) is 37.5 Å². The molecule has 102 valence electrons. The Morgan fingerprint density at radius 1 is 1.00 bits per heavy atom. The molecule has 2 N–H and O–H groups in total. The van der Waals surface area contributed by atoms with Crippen LogP contribution in [-0.4, -0.2) is 10.9 Å². The average molecular weight is 256 g/mol. The van der Waals surface area contributed by atoms with E-state index in [0.717, 1.165) is 32.0 Å². The van der Waals surface area contributed by atoms with Crippen molar-refractivity contribution in [2.75, 3.05) is 0 Å². The molecule has 0 spiro atoms. The minimum absolute atomic E-state index is 0.0414. The number of benzene rings is 1. The van der Waals surface area contributed by atoms with Gasteiger partial charge < -0.3 is 5.73 Å². The van der Waals surface area contributed by atoms with Crippen LogP contribution in [0.4, 0.5) is 0 Å². The van der Waals surface area contributed by atoms with Crippen LogP contribution in [0.5, 0.6) is 0 Å². The summed E-state index contributed by atoms with van der Waals surface area (Å²) in [5.41, 5.74) is 11.1. The normalized spacial score (nSPS) is 26.4. The summed E-state index contributed by atoms with van der Waals surface area (Å²) in [7, 11) is 0. The van der Waals surface area contributed by atoms with Gasteiger partial charge in [0.1, 0.15) is 0 Å². The molecule has 1 aliphatic heterocycles. The van der Waals surface area contributed by atoms with Crippen molar-refractivity contribution in [2.24, 2.45) is 5.73 Å². The van der Waals surface area contributed by atoms with Crippen LogP contribution in [0.15, 0.2) is 18.2 Å². The summed E-state index contributed by atoms with van der Waals surface area (Å²) >= 11 is 0. The first-order chi connectivity index (χ1) is 9.24. The molecular formula is C17H24N2. The molecule has 0 saturated heterocycles. The number of fused-ring (bicyclic) bond motifs is 1. The van der Waals surface area contributed by atoms with Crippen molar-refractivity contribution >= 4 is 0 Å². The van der Waals surface area contributed by atoms with Gasteiger partial charge in [-0.3, -0.25) is 4.90 Å². The van der Waals surface area contributed by atoms with Crippen molar-refractivity contribution in [3.63, 3.8) is 0 Å². The number of rotatable bonds is 2. The minimum Gasteiger partial charge on any atom is -0.321 e. The maximum atomic E-state index is 6.67. The smallest absolute Gasteiger partial charge is 0.0409 e. The van der Waals surface area contributed by atoms with Crippen LogP contribution in [-0.2, 0) is 18.6 Å². The van der Waals surface area contributed by atoms with Crippen LogP contribution in [0.3, 0.4) is 0 Å². The molecule has 1 aromatic carbocycles. The molecule has 2 nitrogen and oxygen atoms in total. The van der Waals surface area contributed by atoms with E-state index >= 15 is 0 Å². The first kappa shape index (κ1) is 11.9. The minimum atomic E-state index is -0.0414. The Morgan fingerprint density at radius 2 is 1.74 bits per heavy atom. The molecule has 1 heterocycles. The zero-order valence-electron chi connectivity index (χ0n) is 11.7. The third kappa shape index (κ3) is 2.11. The van der Waals surface area contributed by atoms with Crippen molar-refractivity contribution < 1.29 is 0 Å². The fraction of sp³-hybridized carbons (Fsp3) is 0.647. The molecule has 3 aliphatic rings. The quantitative estimate of drug-likeness (QED) is 0.880. The standard InChI is InChI=1S/C17H24N2/c18-17(8-2-1-3-9-17)15-5-4-13-11-19(16-6-7-16)12-14(13)10-15/h4-5,10,16H,1-3,6-9,11-12,18H2. The largest absolute Gasteiger partial charge is 0.321 e. The second kappa shape index (κ2) is 4.32. The van der Waals surface area contributed by atoms with E-state index in [9.17, 15) is 0 Å². The lowest BCUT2D eigenvalue weighted by Gasteiger charge is -2.34. The van der Waals surface area contributed by atoms with Gasteiger partial charge in [0.25, 0.3) is 0 Å². The highest BCUT2D eigenvalue weighted by Crippen LogP contribution is 2.39. The van der Waals surface area contributed by atoms with E-state index < -0.39 is 0 Å². The lowest BCUT2D eigenvalue weighted by Crippen LogP contribution is -2.38. The SMILES string of the molecule is NC1(c2ccc3c(c2)CN(C2CC2)C3)CCCCC1. The Balaban J connectivity index is 1.60. The zero-order valence-corrected chi connectivity index (χ0v) is 11.7. The van der Waals surface area contributed by atoms with Crippen LogP contribution in [0.25, 0.3) is 0 Å². The van der Waals surface area contributed by atoms with Crippen molar-refractivity contribution in [3.8, 4) is 0 Å². The van der Waals surface area contributed by atoms with Crippen LogP contribution in [0, 0.1) is 0 Å². The van der Waals surface area contributed by atoms with E-state index in [1.54, 1.807) is 5.56 Å². The van der Waals surface area contributed by atoms with Gasteiger partial charge in [0.2, 0.25) is 0 Å². The van der Waals surface area contributed by atoms with Crippen LogP contribution in [0.2, 0.25) is 0 Å². The first-order valence-electron chi connectivity index (χ1n) is 7.90. The summed E-state index contributed by atoms with van der Waals surface area (Å²) in [6.45, 7) is 2.32. The molecule has 2 fully saturated rings. The van der Waals surface area contributed by atoms with E-state index in [1.807, 2.05) is 0 Å². The third-order valence-electron chi connectivity index (χ3n) is 5.34. The average Bonchev–Trinajstić information content (AvgIpc) is 3.18. The van der Waals surface area contributed by atoms with E-state index in [1.165, 1.54) is 43.2 Å². The number of hydrogen-bond acceptors (Lipinski definition) is 2. The zero-order chi connectivity index (χ0) is 12.9. The summed E-state index contributed by atoms with van der Waals surface area (Å²) in [5, 5.41) is 0. The molecule has 2 saturated carbocycles. The van der Waals surface area contributed by atoms with Gasteiger partial charge in [0, 0.05) is 24.7 Å². The number of nitrogens with zero attached hydrogens (tertiary/aromatic N) is 1. The molecule has 4 rings (SSSR count). The van der Waals surface area contributed by atoms with Gasteiger partial charge in [0.05, 0.1) is 0 Å². The molecule has 0 unspecified atom stereocenters. The van der Waals surface area contributed by atoms with Gasteiger partial charge in [-0.25, -0.2) is 0 Å². The Morgan fingerprint density at radius 3 is 2.47 bits per heavy atom. The fourth-order valence-electron chi connectivity index (χ4n) is 3.90. The number of nitrogens with two attached hydrogens (primary N) is 1. The predicted octanol–water partition coefficient (Wildman–Crippen LogP) is 3.28. The van der Waals surface area contributed by atoms with Gasteiger partial charge in [-0.2, -0.15) is 0 Å². The first-order valence-corrected chi connectivity index (χ1v) is 7.90. The Bertz CT molecular complexity index is 484. The van der Waals surface area contributed by atoms with Gasteiger partial charge >= 0.3 is 0 Å². The van der Waals surface area contributed by atoms with Crippen LogP contribution < -0.4 is 5.73 Å². The van der Waals surface area contributed by atoms with E-state index in [4.69, 9.17) is 5.73 Å². The van der Waals surface area contributed by atoms with Crippen LogP contribution in [0.1, 0.15) is 61.6 Å². The highest BCUT2D eigenvalue weighted by molar-refractivity contribution is 5.38. The Kier molecular flexibility index (Phi) is 2.71. The summed E-state index contributed by atoms with van der Waals surface area (Å²) in [5.74, 6) is 0. The van der Waals surface area contributed by atoms with Crippen molar-refractivity contribution in [1.82, 2.24) is 4.90 Å². The Hall–Kier alpha value is -0.860. The molecule has 0 radical (unpaired) electrons. The van der Waals surface area contributed by atoms with Crippen molar-refractivity contribution in [2.45, 2.75) is 69.6 Å². The molecule has 19 heavy (non-hydrogen) atoms. The van der Waals surface area contributed by atoms with Crippen molar-refractivity contribution in [3.05, 3.63) is 34.9 Å². The van der Waals surface area contributed by atoms with Gasteiger partial charge in [-0.15, -0.1) is 0 Å². The number of hydrogen-bond donors (Lipinski definition) is 1. The summed E-state index contributed by atoms with van der Waals surface area (Å²) in [6.07, 6.45) is 9.09. The summed E-state index contributed by atoms with van der Waals surface area (Å²) < 4.78 is 0. The monoisotopic (exact) mass is 256 g/mol. The molecule has 0 amide bonds. The van der Waals surface area contributed by atoms with Gasteiger partial charge in [0.15, 0.2) is 0 Å². The molecule has 0 bridgehead atoms. The van der Waals surface area contributed by atoms with Crippen molar-refractivity contribution in [1.29, 1.82) is 0 Å². The van der Waals surface area contributed by atoms with E-state index in [2.05, 4.69) is 23.1 Å². The van der Waals surface area contributed by atoms with Crippen LogP contribution >= 0.6 is 0 Å². The summed E-state index contributed by atoms with van der Waals surface area (Å²) in [4.78, 5) is 2.64. The molecule has 0 atom stereocenters. The molecule has 0 aromatic heterocycles. The predicted molar refractivity (Wildman–Crippen MR) is 77.7 cm³/mol. The van der Waals surface area contributed by atoms with E-state index in [0.29, 0.717) is 0 Å². The van der Waals surface area contributed by atoms with Gasteiger partial charge in [-0.05, 0) is 42.4 Å². The second-order valence-electron chi connectivity index (χ2n) is 6.84. The highest BCUT2D eigenvalue weighted by Gasteiger charge is 2.34.